The minimum Gasteiger partial charge on any atom is -0.466 e. The maximum atomic E-state index is 12.4. The fourth-order valence-corrected chi connectivity index (χ4v) is 7.70. The van der Waals surface area contributed by atoms with Gasteiger partial charge in [0.15, 0.2) is 0 Å². The zero-order valence-electron chi connectivity index (χ0n) is 40.4. The Morgan fingerprint density at radius 3 is 1.31 bits per heavy atom. The summed E-state index contributed by atoms with van der Waals surface area (Å²) in [6, 6.07) is -0.632. The number of rotatable bonds is 48. The number of carbonyl (C=O) groups excluding carboxylic acids is 2. The summed E-state index contributed by atoms with van der Waals surface area (Å²) in [7, 11) is 0. The third-order valence-corrected chi connectivity index (χ3v) is 11.8. The van der Waals surface area contributed by atoms with Crippen LogP contribution in [0.5, 0.6) is 0 Å². The lowest BCUT2D eigenvalue weighted by Gasteiger charge is -2.20. The predicted octanol–water partition coefficient (Wildman–Crippen LogP) is 15.8. The molecule has 0 aliphatic heterocycles. The van der Waals surface area contributed by atoms with Crippen LogP contribution in [-0.4, -0.2) is 47.4 Å². The van der Waals surface area contributed by atoms with E-state index in [1.54, 1.807) is 6.08 Å². The van der Waals surface area contributed by atoms with Gasteiger partial charge in [-0.05, 0) is 83.5 Å². The normalized spacial score (nSPS) is 13.0. The smallest absolute Gasteiger partial charge is 0.305 e. The lowest BCUT2D eigenvalue weighted by atomic mass is 10.0. The molecule has 0 aromatic carbocycles. The van der Waals surface area contributed by atoms with Crippen molar-refractivity contribution in [3.63, 3.8) is 0 Å². The van der Waals surface area contributed by atoms with E-state index >= 15 is 0 Å². The van der Waals surface area contributed by atoms with Crippen LogP contribution in [0.4, 0.5) is 0 Å². The summed E-state index contributed by atoms with van der Waals surface area (Å²) in [5, 5.41) is 22.9. The lowest BCUT2D eigenvalue weighted by molar-refractivity contribution is -0.143. The second kappa shape index (κ2) is 50.5. The molecule has 61 heavy (non-hydrogen) atoms. The van der Waals surface area contributed by atoms with Gasteiger partial charge in [-0.25, -0.2) is 0 Å². The Kier molecular flexibility index (Phi) is 48.7. The molecule has 2 unspecified atom stereocenters. The highest BCUT2D eigenvalue weighted by Crippen LogP contribution is 2.15. The Hall–Kier alpha value is -2.18. The van der Waals surface area contributed by atoms with Gasteiger partial charge in [-0.3, -0.25) is 9.59 Å². The summed E-state index contributed by atoms with van der Waals surface area (Å²) in [4.78, 5) is 24.4. The van der Waals surface area contributed by atoms with Crippen LogP contribution in [0.25, 0.3) is 0 Å². The van der Waals surface area contributed by atoms with Crippen molar-refractivity contribution in [1.29, 1.82) is 0 Å². The molecule has 0 aromatic rings. The first-order valence-electron chi connectivity index (χ1n) is 26.4. The first-order chi connectivity index (χ1) is 30.0. The monoisotopic (exact) mass is 856 g/mol. The molecular formula is C55H101NO5. The number of unbranched alkanes of at least 4 members (excludes halogenated alkanes) is 31. The average Bonchev–Trinajstić information content (AvgIpc) is 3.26. The molecule has 3 N–H and O–H groups in total. The second-order valence-electron chi connectivity index (χ2n) is 17.8. The third kappa shape index (κ3) is 47.1. The molecule has 6 nitrogen and oxygen atoms in total. The van der Waals surface area contributed by atoms with E-state index in [0.29, 0.717) is 19.4 Å². The van der Waals surface area contributed by atoms with E-state index in [1.165, 1.54) is 180 Å². The number of carbonyl (C=O) groups is 2. The summed E-state index contributed by atoms with van der Waals surface area (Å²) in [5.41, 5.74) is 0. The molecule has 0 bridgehead atoms. The molecule has 0 rings (SSSR count). The molecule has 356 valence electrons. The van der Waals surface area contributed by atoms with Crippen molar-refractivity contribution in [2.75, 3.05) is 13.2 Å². The molecule has 0 radical (unpaired) electrons. The molecule has 0 aliphatic rings. The SMILES string of the molecule is CCCC/C=C\C/C=C\CCCCCCCC(=O)OCCCCCCCCCCCC/C=C\CCCCCCCCCC(=O)NC(CO)C(O)/C=C/CCCCCCCCC. The Balaban J connectivity index is 3.43. The van der Waals surface area contributed by atoms with E-state index in [9.17, 15) is 19.8 Å². The van der Waals surface area contributed by atoms with Gasteiger partial charge in [0.05, 0.1) is 25.4 Å². The van der Waals surface area contributed by atoms with Crippen LogP contribution >= 0.6 is 0 Å². The molecule has 2 atom stereocenters. The number of aliphatic hydroxyl groups excluding tert-OH is 2. The van der Waals surface area contributed by atoms with E-state index in [4.69, 9.17) is 4.74 Å². The Morgan fingerprint density at radius 1 is 0.459 bits per heavy atom. The summed E-state index contributed by atoms with van der Waals surface area (Å²) < 4.78 is 5.46. The van der Waals surface area contributed by atoms with E-state index < -0.39 is 12.1 Å². The van der Waals surface area contributed by atoms with Gasteiger partial charge in [-0.15, -0.1) is 0 Å². The minimum absolute atomic E-state index is 0.00818. The number of allylic oxidation sites excluding steroid dienone is 7. The summed E-state index contributed by atoms with van der Waals surface area (Å²) in [6.45, 7) is 4.81. The van der Waals surface area contributed by atoms with E-state index in [-0.39, 0.29) is 18.5 Å². The van der Waals surface area contributed by atoms with Crippen LogP contribution in [0, 0.1) is 0 Å². The minimum atomic E-state index is -0.847. The van der Waals surface area contributed by atoms with Crippen molar-refractivity contribution >= 4 is 11.9 Å². The maximum absolute atomic E-state index is 12.4. The van der Waals surface area contributed by atoms with Crippen molar-refractivity contribution in [3.05, 3.63) is 48.6 Å². The highest BCUT2D eigenvalue weighted by atomic mass is 16.5. The molecule has 6 heteroatoms. The molecule has 0 aromatic heterocycles. The van der Waals surface area contributed by atoms with Crippen LogP contribution < -0.4 is 5.32 Å². The Morgan fingerprint density at radius 2 is 0.836 bits per heavy atom. The van der Waals surface area contributed by atoms with Gasteiger partial charge in [0.2, 0.25) is 5.91 Å². The zero-order valence-corrected chi connectivity index (χ0v) is 40.4. The van der Waals surface area contributed by atoms with Crippen LogP contribution in [0.1, 0.15) is 264 Å². The van der Waals surface area contributed by atoms with Crippen molar-refractivity contribution in [1.82, 2.24) is 5.32 Å². The van der Waals surface area contributed by atoms with Crippen molar-refractivity contribution < 1.29 is 24.5 Å². The summed E-state index contributed by atoms with van der Waals surface area (Å²) >= 11 is 0. The lowest BCUT2D eigenvalue weighted by Crippen LogP contribution is -2.45. The number of aliphatic hydroxyl groups is 2. The summed E-state index contributed by atoms with van der Waals surface area (Å²) in [6.07, 6.45) is 62.7. The van der Waals surface area contributed by atoms with E-state index in [1.807, 2.05) is 6.08 Å². The zero-order chi connectivity index (χ0) is 44.4. The highest BCUT2D eigenvalue weighted by Gasteiger charge is 2.18. The standard InChI is InChI=1S/C55H101NO5/c1-3-5-7-9-11-13-14-15-26-29-33-37-41-45-49-55(60)61-50-46-42-38-34-30-27-24-22-20-18-16-17-19-21-23-25-28-32-36-40-44-48-54(59)56-52(51-57)53(58)47-43-39-35-31-12-10-8-6-4-2/h9,11,14-15,17,19,43,47,52-53,57-58H,3-8,10,12-13,16,18,20-42,44-46,48-51H2,1-2H3,(H,56,59)/b11-9-,15-14-,19-17-,47-43+. The predicted molar refractivity (Wildman–Crippen MR) is 264 cm³/mol. The molecule has 1 amide bonds. The summed E-state index contributed by atoms with van der Waals surface area (Å²) in [5.74, 6) is -0.0882. The maximum Gasteiger partial charge on any atom is 0.305 e. The van der Waals surface area contributed by atoms with Gasteiger partial charge in [-0.1, -0.05) is 217 Å². The fraction of sp³-hybridized carbons (Fsp3) is 0.818. The van der Waals surface area contributed by atoms with Crippen LogP contribution in [0.15, 0.2) is 48.6 Å². The molecule has 0 heterocycles. The van der Waals surface area contributed by atoms with E-state index in [2.05, 4.69) is 55.6 Å². The molecule has 0 saturated heterocycles. The van der Waals surface area contributed by atoms with Gasteiger partial charge in [0.1, 0.15) is 0 Å². The van der Waals surface area contributed by atoms with Crippen LogP contribution in [-0.2, 0) is 14.3 Å². The topological polar surface area (TPSA) is 95.9 Å². The van der Waals surface area contributed by atoms with E-state index in [0.717, 1.165) is 57.8 Å². The van der Waals surface area contributed by atoms with Gasteiger partial charge in [0, 0.05) is 12.8 Å². The van der Waals surface area contributed by atoms with Crippen LogP contribution in [0.2, 0.25) is 0 Å². The molecule has 0 aliphatic carbocycles. The number of amides is 1. The van der Waals surface area contributed by atoms with Gasteiger partial charge >= 0.3 is 5.97 Å². The van der Waals surface area contributed by atoms with Crippen molar-refractivity contribution in [2.45, 2.75) is 276 Å². The van der Waals surface area contributed by atoms with Crippen LogP contribution in [0.3, 0.4) is 0 Å². The molecule has 0 saturated carbocycles. The number of ether oxygens (including phenoxy) is 1. The first-order valence-corrected chi connectivity index (χ1v) is 26.4. The largest absolute Gasteiger partial charge is 0.466 e. The first kappa shape index (κ1) is 58.8. The average molecular weight is 856 g/mol. The van der Waals surface area contributed by atoms with Crippen molar-refractivity contribution in [2.24, 2.45) is 0 Å². The number of esters is 1. The molecule has 0 fully saturated rings. The number of nitrogens with one attached hydrogen (secondary N) is 1. The molecule has 0 spiro atoms. The van der Waals surface area contributed by atoms with Gasteiger partial charge < -0.3 is 20.3 Å². The highest BCUT2D eigenvalue weighted by molar-refractivity contribution is 5.76. The Labute approximate surface area is 378 Å². The molecular weight excluding hydrogens is 755 g/mol. The van der Waals surface area contributed by atoms with Crippen molar-refractivity contribution in [3.8, 4) is 0 Å². The Bertz CT molecular complexity index is 1040. The fourth-order valence-electron chi connectivity index (χ4n) is 7.70. The van der Waals surface area contributed by atoms with Gasteiger partial charge in [0.25, 0.3) is 0 Å². The number of hydrogen-bond donors (Lipinski definition) is 3. The second-order valence-corrected chi connectivity index (χ2v) is 17.8. The quantitative estimate of drug-likeness (QED) is 0.0322. The van der Waals surface area contributed by atoms with Gasteiger partial charge in [-0.2, -0.15) is 0 Å². The third-order valence-electron chi connectivity index (χ3n) is 11.8. The number of hydrogen-bond acceptors (Lipinski definition) is 5.